The van der Waals surface area contributed by atoms with Crippen LogP contribution in [0.2, 0.25) is 0 Å². The minimum absolute atomic E-state index is 0.434. The molecular formula is C16H26N2. The summed E-state index contributed by atoms with van der Waals surface area (Å²) in [5.41, 5.74) is 11.7. The van der Waals surface area contributed by atoms with Crippen LogP contribution in [0.4, 0.5) is 0 Å². The summed E-state index contributed by atoms with van der Waals surface area (Å²) in [4.78, 5) is 2.56. The Hall–Kier alpha value is -0.860. The van der Waals surface area contributed by atoms with Crippen LogP contribution in [-0.2, 0) is 6.42 Å². The van der Waals surface area contributed by atoms with Gasteiger partial charge in [-0.25, -0.2) is 0 Å². The van der Waals surface area contributed by atoms with Gasteiger partial charge >= 0.3 is 0 Å². The van der Waals surface area contributed by atoms with E-state index in [2.05, 4.69) is 37.8 Å². The molecule has 0 saturated carbocycles. The zero-order valence-corrected chi connectivity index (χ0v) is 12.0. The van der Waals surface area contributed by atoms with E-state index >= 15 is 0 Å². The monoisotopic (exact) mass is 246 g/mol. The molecule has 18 heavy (non-hydrogen) atoms. The highest BCUT2D eigenvalue weighted by molar-refractivity contribution is 5.37. The molecule has 0 aliphatic carbocycles. The number of hydrogen-bond donors (Lipinski definition) is 1. The first-order chi connectivity index (χ1) is 8.56. The van der Waals surface area contributed by atoms with E-state index in [1.165, 1.54) is 48.3 Å². The lowest BCUT2D eigenvalue weighted by Crippen LogP contribution is -2.40. The summed E-state index contributed by atoms with van der Waals surface area (Å²) in [5.74, 6) is 0. The highest BCUT2D eigenvalue weighted by Crippen LogP contribution is 2.18. The van der Waals surface area contributed by atoms with Crippen LogP contribution in [-0.4, -0.2) is 30.6 Å². The van der Waals surface area contributed by atoms with Crippen molar-refractivity contribution in [3.05, 3.63) is 34.4 Å². The fourth-order valence-corrected chi connectivity index (χ4v) is 3.05. The van der Waals surface area contributed by atoms with Crippen LogP contribution in [0.5, 0.6) is 0 Å². The highest BCUT2D eigenvalue weighted by atomic mass is 15.1. The topological polar surface area (TPSA) is 29.3 Å². The molecule has 0 spiro atoms. The molecule has 0 aromatic heterocycles. The summed E-state index contributed by atoms with van der Waals surface area (Å²) >= 11 is 0. The smallest absolute Gasteiger partial charge is 0.00631 e. The molecule has 1 fully saturated rings. The lowest BCUT2D eigenvalue weighted by atomic mass is 9.97. The first kappa shape index (κ1) is 13.6. The highest BCUT2D eigenvalue weighted by Gasteiger charge is 2.16. The Kier molecular flexibility index (Phi) is 4.41. The standard InChI is InChI=1S/C16H26N2/c1-12-10-13(2)16(14(3)11-12)6-9-18-7-4-15(17)5-8-18/h10-11,15H,4-9,17H2,1-3H3. The number of nitrogens with two attached hydrogens (primary N) is 1. The Morgan fingerprint density at radius 2 is 1.67 bits per heavy atom. The predicted octanol–water partition coefficient (Wildman–Crippen LogP) is 2.58. The van der Waals surface area contributed by atoms with E-state index in [9.17, 15) is 0 Å². The summed E-state index contributed by atoms with van der Waals surface area (Å²) < 4.78 is 0. The van der Waals surface area contributed by atoms with Gasteiger partial charge in [0.05, 0.1) is 0 Å². The Morgan fingerprint density at radius 1 is 1.11 bits per heavy atom. The molecule has 1 aliphatic rings. The maximum Gasteiger partial charge on any atom is 0.00631 e. The maximum atomic E-state index is 5.94. The van der Waals surface area contributed by atoms with E-state index in [1.54, 1.807) is 0 Å². The molecule has 1 aliphatic heterocycles. The quantitative estimate of drug-likeness (QED) is 0.888. The fourth-order valence-electron chi connectivity index (χ4n) is 3.05. The minimum atomic E-state index is 0.434. The van der Waals surface area contributed by atoms with Gasteiger partial charge in [-0.2, -0.15) is 0 Å². The molecule has 1 heterocycles. The second kappa shape index (κ2) is 5.85. The molecule has 0 radical (unpaired) electrons. The molecule has 1 aromatic carbocycles. The van der Waals surface area contributed by atoms with Crippen molar-refractivity contribution < 1.29 is 0 Å². The number of rotatable bonds is 3. The molecule has 1 saturated heterocycles. The van der Waals surface area contributed by atoms with Crippen molar-refractivity contribution in [1.82, 2.24) is 4.90 Å². The van der Waals surface area contributed by atoms with Crippen LogP contribution >= 0.6 is 0 Å². The SMILES string of the molecule is Cc1cc(C)c(CCN2CCC(N)CC2)c(C)c1. The summed E-state index contributed by atoms with van der Waals surface area (Å²) in [6.07, 6.45) is 3.49. The molecule has 2 nitrogen and oxygen atoms in total. The maximum absolute atomic E-state index is 5.94. The first-order valence-corrected chi connectivity index (χ1v) is 7.11. The van der Waals surface area contributed by atoms with Crippen LogP contribution in [0.1, 0.15) is 35.1 Å². The van der Waals surface area contributed by atoms with Crippen molar-refractivity contribution in [2.45, 2.75) is 46.1 Å². The average molecular weight is 246 g/mol. The molecule has 2 rings (SSSR count). The van der Waals surface area contributed by atoms with Crippen molar-refractivity contribution in [3.8, 4) is 0 Å². The van der Waals surface area contributed by atoms with E-state index in [0.29, 0.717) is 6.04 Å². The summed E-state index contributed by atoms with van der Waals surface area (Å²) in [5, 5.41) is 0. The molecule has 1 aromatic rings. The lowest BCUT2D eigenvalue weighted by molar-refractivity contribution is 0.215. The molecule has 2 heteroatoms. The normalized spacial score (nSPS) is 18.2. The molecular weight excluding hydrogens is 220 g/mol. The zero-order valence-electron chi connectivity index (χ0n) is 12.0. The first-order valence-electron chi connectivity index (χ1n) is 7.11. The van der Waals surface area contributed by atoms with Crippen molar-refractivity contribution in [1.29, 1.82) is 0 Å². The van der Waals surface area contributed by atoms with Gasteiger partial charge in [0.1, 0.15) is 0 Å². The van der Waals surface area contributed by atoms with Gasteiger partial charge in [0.25, 0.3) is 0 Å². The van der Waals surface area contributed by atoms with Crippen molar-refractivity contribution >= 4 is 0 Å². The third-order valence-electron chi connectivity index (χ3n) is 4.15. The van der Waals surface area contributed by atoms with Crippen molar-refractivity contribution in [2.24, 2.45) is 5.73 Å². The van der Waals surface area contributed by atoms with E-state index in [-0.39, 0.29) is 0 Å². The fraction of sp³-hybridized carbons (Fsp3) is 0.625. The molecule has 100 valence electrons. The third-order valence-corrected chi connectivity index (χ3v) is 4.15. The summed E-state index contributed by atoms with van der Waals surface area (Å²) in [7, 11) is 0. The van der Waals surface area contributed by atoms with Gasteiger partial charge < -0.3 is 10.6 Å². The number of aryl methyl sites for hydroxylation is 3. The number of likely N-dealkylation sites (tertiary alicyclic amines) is 1. The summed E-state index contributed by atoms with van der Waals surface area (Å²) in [6, 6.07) is 5.03. The van der Waals surface area contributed by atoms with Gasteiger partial charge in [0.2, 0.25) is 0 Å². The second-order valence-corrected chi connectivity index (χ2v) is 5.81. The minimum Gasteiger partial charge on any atom is -0.328 e. The Bertz CT molecular complexity index is 381. The third kappa shape index (κ3) is 3.33. The van der Waals surface area contributed by atoms with Gasteiger partial charge in [-0.1, -0.05) is 17.7 Å². The Morgan fingerprint density at radius 3 is 2.22 bits per heavy atom. The number of piperidine rings is 1. The van der Waals surface area contributed by atoms with Gasteiger partial charge in [-0.15, -0.1) is 0 Å². The van der Waals surface area contributed by atoms with E-state index < -0.39 is 0 Å². The van der Waals surface area contributed by atoms with Crippen LogP contribution < -0.4 is 5.73 Å². The number of nitrogens with zero attached hydrogens (tertiary/aromatic N) is 1. The molecule has 0 amide bonds. The largest absolute Gasteiger partial charge is 0.328 e. The lowest BCUT2D eigenvalue weighted by Gasteiger charge is -2.30. The van der Waals surface area contributed by atoms with E-state index in [0.717, 1.165) is 12.8 Å². The van der Waals surface area contributed by atoms with Gasteiger partial charge in [-0.05, 0) is 69.8 Å². The van der Waals surface area contributed by atoms with Crippen LogP contribution in [0, 0.1) is 20.8 Å². The molecule has 0 atom stereocenters. The van der Waals surface area contributed by atoms with Crippen LogP contribution in [0.3, 0.4) is 0 Å². The van der Waals surface area contributed by atoms with Crippen LogP contribution in [0.25, 0.3) is 0 Å². The number of hydrogen-bond acceptors (Lipinski definition) is 2. The Labute approximate surface area is 111 Å². The second-order valence-electron chi connectivity index (χ2n) is 5.81. The molecule has 0 unspecified atom stereocenters. The van der Waals surface area contributed by atoms with Gasteiger partial charge in [0.15, 0.2) is 0 Å². The van der Waals surface area contributed by atoms with Gasteiger partial charge in [0, 0.05) is 12.6 Å². The average Bonchev–Trinajstić information content (AvgIpc) is 2.30. The summed E-state index contributed by atoms with van der Waals surface area (Å²) in [6.45, 7) is 10.2. The molecule has 2 N–H and O–H groups in total. The van der Waals surface area contributed by atoms with E-state index in [1.807, 2.05) is 0 Å². The van der Waals surface area contributed by atoms with Crippen molar-refractivity contribution in [2.75, 3.05) is 19.6 Å². The number of benzene rings is 1. The van der Waals surface area contributed by atoms with Gasteiger partial charge in [-0.3, -0.25) is 0 Å². The molecule has 0 bridgehead atoms. The Balaban J connectivity index is 1.94. The van der Waals surface area contributed by atoms with Crippen LogP contribution in [0.15, 0.2) is 12.1 Å². The predicted molar refractivity (Wildman–Crippen MR) is 78.0 cm³/mol. The zero-order chi connectivity index (χ0) is 13.1. The van der Waals surface area contributed by atoms with E-state index in [4.69, 9.17) is 5.73 Å². The van der Waals surface area contributed by atoms with Crippen molar-refractivity contribution in [3.63, 3.8) is 0 Å².